The van der Waals surface area contributed by atoms with E-state index in [0.29, 0.717) is 12.0 Å². The van der Waals surface area contributed by atoms with Crippen LogP contribution >= 0.6 is 0 Å². The van der Waals surface area contributed by atoms with Crippen LogP contribution in [0.1, 0.15) is 21.6 Å². The molecule has 0 aliphatic carbocycles. The number of nitrogens with zero attached hydrogens (tertiary/aromatic N) is 2. The van der Waals surface area contributed by atoms with Crippen molar-refractivity contribution in [2.75, 3.05) is 0 Å². The topological polar surface area (TPSA) is 34.4 Å². The molecule has 0 unspecified atom stereocenters. The first-order chi connectivity index (χ1) is 7.41. The third-order valence-electron chi connectivity index (χ3n) is 2.15. The first-order valence-electron chi connectivity index (χ1n) is 4.43. The summed E-state index contributed by atoms with van der Waals surface area (Å²) >= 11 is 0. The van der Waals surface area contributed by atoms with Crippen molar-refractivity contribution < 1.29 is 18.0 Å². The van der Waals surface area contributed by atoms with Crippen LogP contribution in [-0.2, 0) is 6.18 Å². The van der Waals surface area contributed by atoms with Crippen LogP contribution in [0, 0.1) is 6.92 Å². The van der Waals surface area contributed by atoms with Crippen molar-refractivity contribution in [2.24, 2.45) is 0 Å². The van der Waals surface area contributed by atoms with Gasteiger partial charge in [0.2, 0.25) is 0 Å². The first kappa shape index (κ1) is 10.7. The predicted octanol–water partition coefficient (Wildman–Crippen LogP) is 2.47. The lowest BCUT2D eigenvalue weighted by molar-refractivity contribution is -0.137. The molecule has 0 amide bonds. The molecule has 3 nitrogen and oxygen atoms in total. The molecule has 0 spiro atoms. The molecular weight excluding hydrogens is 221 g/mol. The molecule has 0 aliphatic rings. The smallest absolute Gasteiger partial charge is 0.306 e. The van der Waals surface area contributed by atoms with Crippen molar-refractivity contribution >= 4 is 11.9 Å². The van der Waals surface area contributed by atoms with Gasteiger partial charge in [0.25, 0.3) is 0 Å². The third-order valence-corrected chi connectivity index (χ3v) is 2.15. The van der Waals surface area contributed by atoms with Crippen molar-refractivity contribution in [3.8, 4) is 0 Å². The summed E-state index contributed by atoms with van der Waals surface area (Å²) in [6, 6.07) is 0.800. The Hall–Kier alpha value is -1.85. The summed E-state index contributed by atoms with van der Waals surface area (Å²) < 4.78 is 38.7. The maximum atomic E-state index is 12.5. The maximum Gasteiger partial charge on any atom is 0.417 e. The van der Waals surface area contributed by atoms with Gasteiger partial charge in [-0.2, -0.15) is 13.2 Å². The van der Waals surface area contributed by atoms with Gasteiger partial charge in [0.05, 0.1) is 16.8 Å². The largest absolute Gasteiger partial charge is 0.417 e. The van der Waals surface area contributed by atoms with E-state index in [4.69, 9.17) is 0 Å². The summed E-state index contributed by atoms with van der Waals surface area (Å²) in [6.45, 7) is 1.65. The number of hydrogen-bond acceptors (Lipinski definition) is 2. The number of aryl methyl sites for hydroxylation is 1. The van der Waals surface area contributed by atoms with E-state index >= 15 is 0 Å². The fourth-order valence-electron chi connectivity index (χ4n) is 1.49. The molecule has 0 aliphatic heterocycles. The number of imidazole rings is 1. The predicted molar refractivity (Wildman–Crippen MR) is 50.3 cm³/mol. The molecule has 84 valence electrons. The van der Waals surface area contributed by atoms with Crippen molar-refractivity contribution in [3.63, 3.8) is 0 Å². The molecule has 0 saturated carbocycles. The molecule has 2 heterocycles. The average Bonchev–Trinajstić information content (AvgIpc) is 2.54. The molecule has 0 atom stereocenters. The SMILES string of the molecule is Cc1cn2cc(C(F)(F)F)cc(C=O)c2n1. The van der Waals surface area contributed by atoms with Gasteiger partial charge in [-0.1, -0.05) is 0 Å². The molecule has 0 radical (unpaired) electrons. The van der Waals surface area contributed by atoms with E-state index in [0.717, 1.165) is 12.3 Å². The van der Waals surface area contributed by atoms with Crippen LogP contribution < -0.4 is 0 Å². The van der Waals surface area contributed by atoms with Crippen LogP contribution in [0.3, 0.4) is 0 Å². The molecular formula is C10H7F3N2O. The van der Waals surface area contributed by atoms with Crippen LogP contribution in [0.25, 0.3) is 5.65 Å². The Morgan fingerprint density at radius 2 is 2.06 bits per heavy atom. The number of pyridine rings is 1. The van der Waals surface area contributed by atoms with Crippen LogP contribution in [-0.4, -0.2) is 15.7 Å². The number of aldehydes is 1. The highest BCUT2D eigenvalue weighted by atomic mass is 19.4. The highest BCUT2D eigenvalue weighted by Gasteiger charge is 2.31. The van der Waals surface area contributed by atoms with Gasteiger partial charge in [0, 0.05) is 12.4 Å². The van der Waals surface area contributed by atoms with Crippen molar-refractivity contribution in [2.45, 2.75) is 13.1 Å². The van der Waals surface area contributed by atoms with Gasteiger partial charge in [0.15, 0.2) is 6.29 Å². The van der Waals surface area contributed by atoms with Gasteiger partial charge in [-0.15, -0.1) is 0 Å². The first-order valence-corrected chi connectivity index (χ1v) is 4.43. The summed E-state index contributed by atoms with van der Waals surface area (Å²) in [5.41, 5.74) is -0.134. The number of rotatable bonds is 1. The van der Waals surface area contributed by atoms with E-state index in [1.165, 1.54) is 10.6 Å². The number of aromatic nitrogens is 2. The molecule has 2 aromatic rings. The lowest BCUT2D eigenvalue weighted by Crippen LogP contribution is -2.07. The minimum atomic E-state index is -4.47. The molecule has 0 saturated heterocycles. The lowest BCUT2D eigenvalue weighted by atomic mass is 10.2. The normalized spacial score (nSPS) is 12.0. The van der Waals surface area contributed by atoms with Crippen molar-refractivity contribution in [1.82, 2.24) is 9.38 Å². The van der Waals surface area contributed by atoms with Gasteiger partial charge in [-0.05, 0) is 13.0 Å². The summed E-state index contributed by atoms with van der Waals surface area (Å²) in [6.07, 6.45) is -1.74. The standard InChI is InChI=1S/C10H7F3N2O/c1-6-3-15-4-8(10(11,12)13)2-7(5-16)9(15)14-6/h2-5H,1H3. The fraction of sp³-hybridized carbons (Fsp3) is 0.200. The van der Waals surface area contributed by atoms with Crippen molar-refractivity contribution in [3.05, 3.63) is 35.3 Å². The molecule has 0 aromatic carbocycles. The monoisotopic (exact) mass is 228 g/mol. The zero-order valence-corrected chi connectivity index (χ0v) is 8.25. The highest BCUT2D eigenvalue weighted by Crippen LogP contribution is 2.30. The van der Waals surface area contributed by atoms with E-state index < -0.39 is 11.7 Å². The number of halogens is 3. The Kier molecular flexibility index (Phi) is 2.22. The van der Waals surface area contributed by atoms with Gasteiger partial charge in [-0.3, -0.25) is 4.79 Å². The van der Waals surface area contributed by atoms with E-state index in [-0.39, 0.29) is 11.2 Å². The molecule has 0 fully saturated rings. The number of hydrogen-bond donors (Lipinski definition) is 0. The van der Waals surface area contributed by atoms with Crippen LogP contribution in [0.4, 0.5) is 13.2 Å². The molecule has 0 N–H and O–H groups in total. The quantitative estimate of drug-likeness (QED) is 0.702. The molecule has 6 heteroatoms. The Balaban J connectivity index is 2.77. The second kappa shape index (κ2) is 3.33. The van der Waals surface area contributed by atoms with Gasteiger partial charge in [-0.25, -0.2) is 4.98 Å². The molecule has 16 heavy (non-hydrogen) atoms. The summed E-state index contributed by atoms with van der Waals surface area (Å²) in [5, 5.41) is 0. The molecule has 2 rings (SSSR count). The van der Waals surface area contributed by atoms with E-state index in [9.17, 15) is 18.0 Å². The minimum Gasteiger partial charge on any atom is -0.306 e. The third kappa shape index (κ3) is 1.66. The van der Waals surface area contributed by atoms with Gasteiger partial charge < -0.3 is 4.40 Å². The van der Waals surface area contributed by atoms with Crippen LogP contribution in [0.2, 0.25) is 0 Å². The van der Waals surface area contributed by atoms with Crippen LogP contribution in [0.5, 0.6) is 0 Å². The number of alkyl halides is 3. The number of carbonyl (C=O) groups is 1. The van der Waals surface area contributed by atoms with Crippen LogP contribution in [0.15, 0.2) is 18.5 Å². The van der Waals surface area contributed by atoms with E-state index in [1.54, 1.807) is 6.92 Å². The second-order valence-electron chi connectivity index (χ2n) is 3.41. The van der Waals surface area contributed by atoms with Gasteiger partial charge >= 0.3 is 6.18 Å². The van der Waals surface area contributed by atoms with E-state index in [2.05, 4.69) is 4.98 Å². The van der Waals surface area contributed by atoms with Gasteiger partial charge in [0.1, 0.15) is 5.65 Å². The Labute approximate surface area is 88.5 Å². The average molecular weight is 228 g/mol. The summed E-state index contributed by atoms with van der Waals surface area (Å²) in [5.74, 6) is 0. The zero-order chi connectivity index (χ0) is 11.9. The Morgan fingerprint density at radius 1 is 1.38 bits per heavy atom. The lowest BCUT2D eigenvalue weighted by Gasteiger charge is -2.07. The number of carbonyl (C=O) groups excluding carboxylic acids is 1. The Bertz CT molecular complexity index is 557. The summed E-state index contributed by atoms with van der Waals surface area (Å²) in [4.78, 5) is 14.7. The Morgan fingerprint density at radius 3 is 2.62 bits per heavy atom. The zero-order valence-electron chi connectivity index (χ0n) is 8.25. The fourth-order valence-corrected chi connectivity index (χ4v) is 1.49. The molecule has 0 bridgehead atoms. The van der Waals surface area contributed by atoms with E-state index in [1.807, 2.05) is 0 Å². The molecule has 2 aromatic heterocycles. The minimum absolute atomic E-state index is 0.0667. The second-order valence-corrected chi connectivity index (χ2v) is 3.41. The maximum absolute atomic E-state index is 12.5. The highest BCUT2D eigenvalue weighted by molar-refractivity contribution is 5.84. The van der Waals surface area contributed by atoms with Crippen molar-refractivity contribution in [1.29, 1.82) is 0 Å². The summed E-state index contributed by atoms with van der Waals surface area (Å²) in [7, 11) is 0. The number of fused-ring (bicyclic) bond motifs is 1.